The molecule has 2 fully saturated rings. The van der Waals surface area contributed by atoms with Crippen LogP contribution < -0.4 is 5.32 Å². The van der Waals surface area contributed by atoms with E-state index in [-0.39, 0.29) is 12.4 Å². The van der Waals surface area contributed by atoms with Crippen LogP contribution in [0.2, 0.25) is 0 Å². The van der Waals surface area contributed by atoms with Crippen LogP contribution in [0.3, 0.4) is 0 Å². The molecule has 0 aromatic carbocycles. The van der Waals surface area contributed by atoms with Gasteiger partial charge in [0, 0.05) is 32.7 Å². The van der Waals surface area contributed by atoms with Gasteiger partial charge in [-0.05, 0) is 44.1 Å². The van der Waals surface area contributed by atoms with E-state index in [0.29, 0.717) is 17.9 Å². The molecule has 1 saturated heterocycles. The largest absolute Gasteiger partial charge is 0.339 e. The zero-order valence-corrected chi connectivity index (χ0v) is 14.7. The molecule has 0 aromatic rings. The quantitative estimate of drug-likeness (QED) is 0.861. The van der Waals surface area contributed by atoms with Crippen LogP contribution in [0.1, 0.15) is 39.5 Å². The Morgan fingerprint density at radius 3 is 2.38 bits per heavy atom. The maximum Gasteiger partial charge on any atom is 0.236 e. The molecule has 1 N–H and O–H groups in total. The van der Waals surface area contributed by atoms with E-state index in [1.54, 1.807) is 0 Å². The van der Waals surface area contributed by atoms with Crippen molar-refractivity contribution in [2.24, 2.45) is 11.3 Å². The number of halogens is 1. The van der Waals surface area contributed by atoms with Crippen LogP contribution in [-0.2, 0) is 4.79 Å². The Balaban J connectivity index is 0.00000220. The standard InChI is InChI=1S/C16H31N3O.ClH/c1-16(2)6-4-14(5-7-16)12-18(3)13-15(20)19-10-8-17-9-11-19;/h14,17H,4-13H2,1-3H3;1H. The summed E-state index contributed by atoms with van der Waals surface area (Å²) in [5.74, 6) is 1.08. The van der Waals surface area contributed by atoms with E-state index in [1.807, 2.05) is 4.90 Å². The van der Waals surface area contributed by atoms with Gasteiger partial charge in [-0.15, -0.1) is 12.4 Å². The highest BCUT2D eigenvalue weighted by atomic mass is 35.5. The van der Waals surface area contributed by atoms with Gasteiger partial charge in [-0.1, -0.05) is 13.8 Å². The van der Waals surface area contributed by atoms with Crippen molar-refractivity contribution in [3.05, 3.63) is 0 Å². The molecule has 2 aliphatic rings. The van der Waals surface area contributed by atoms with E-state index >= 15 is 0 Å². The monoisotopic (exact) mass is 317 g/mol. The Labute approximate surface area is 136 Å². The maximum absolute atomic E-state index is 12.2. The number of amides is 1. The summed E-state index contributed by atoms with van der Waals surface area (Å²) in [5.41, 5.74) is 0.533. The lowest BCUT2D eigenvalue weighted by Crippen LogP contribution is -2.49. The topological polar surface area (TPSA) is 35.6 Å². The Morgan fingerprint density at radius 1 is 1.24 bits per heavy atom. The second-order valence-corrected chi connectivity index (χ2v) is 7.44. The average molecular weight is 318 g/mol. The Morgan fingerprint density at radius 2 is 1.81 bits per heavy atom. The Bertz CT molecular complexity index is 319. The minimum absolute atomic E-state index is 0. The maximum atomic E-state index is 12.2. The fourth-order valence-electron chi connectivity index (χ4n) is 3.39. The number of hydrogen-bond donors (Lipinski definition) is 1. The number of rotatable bonds is 4. The third kappa shape index (κ3) is 6.13. The summed E-state index contributed by atoms with van der Waals surface area (Å²) in [6, 6.07) is 0. The fourth-order valence-corrected chi connectivity index (χ4v) is 3.39. The van der Waals surface area contributed by atoms with E-state index in [0.717, 1.165) is 38.6 Å². The molecule has 4 nitrogen and oxygen atoms in total. The molecule has 0 atom stereocenters. The predicted molar refractivity (Wildman–Crippen MR) is 89.9 cm³/mol. The summed E-state index contributed by atoms with van der Waals surface area (Å²) in [4.78, 5) is 16.4. The first kappa shape index (κ1) is 18.7. The second-order valence-electron chi connectivity index (χ2n) is 7.44. The van der Waals surface area contributed by atoms with Crippen molar-refractivity contribution in [1.29, 1.82) is 0 Å². The van der Waals surface area contributed by atoms with Crippen molar-refractivity contribution < 1.29 is 4.79 Å². The summed E-state index contributed by atoms with van der Waals surface area (Å²) in [6.07, 6.45) is 5.30. The molecule has 1 aliphatic carbocycles. The second kappa shape index (κ2) is 8.35. The molecular weight excluding hydrogens is 286 g/mol. The van der Waals surface area contributed by atoms with Crippen LogP contribution in [0.25, 0.3) is 0 Å². The SMILES string of the molecule is CN(CC(=O)N1CCNCC1)CC1CCC(C)(C)CC1.Cl. The molecule has 1 amide bonds. The van der Waals surface area contributed by atoms with Gasteiger partial charge in [-0.25, -0.2) is 0 Å². The molecule has 2 rings (SSSR count). The lowest BCUT2D eigenvalue weighted by Gasteiger charge is -2.36. The van der Waals surface area contributed by atoms with Gasteiger partial charge < -0.3 is 10.2 Å². The zero-order chi connectivity index (χ0) is 14.6. The molecule has 0 bridgehead atoms. The van der Waals surface area contributed by atoms with Crippen LogP contribution in [0.15, 0.2) is 0 Å². The highest BCUT2D eigenvalue weighted by Gasteiger charge is 2.27. The third-order valence-electron chi connectivity index (χ3n) is 4.90. The van der Waals surface area contributed by atoms with E-state index in [4.69, 9.17) is 0 Å². The van der Waals surface area contributed by atoms with E-state index < -0.39 is 0 Å². The normalized spacial score (nSPS) is 23.0. The zero-order valence-electron chi connectivity index (χ0n) is 13.9. The number of piperazine rings is 1. The van der Waals surface area contributed by atoms with Crippen molar-refractivity contribution in [3.8, 4) is 0 Å². The lowest BCUT2D eigenvalue weighted by molar-refractivity contribution is -0.132. The fraction of sp³-hybridized carbons (Fsp3) is 0.938. The van der Waals surface area contributed by atoms with Gasteiger partial charge in [-0.2, -0.15) is 0 Å². The number of carbonyl (C=O) groups excluding carboxylic acids is 1. The van der Waals surface area contributed by atoms with Gasteiger partial charge >= 0.3 is 0 Å². The molecule has 1 saturated carbocycles. The number of carbonyl (C=O) groups is 1. The molecule has 0 aromatic heterocycles. The van der Waals surface area contributed by atoms with Crippen molar-refractivity contribution in [1.82, 2.24) is 15.1 Å². The van der Waals surface area contributed by atoms with E-state index in [2.05, 4.69) is 31.1 Å². The number of hydrogen-bond acceptors (Lipinski definition) is 3. The van der Waals surface area contributed by atoms with Crippen LogP contribution >= 0.6 is 12.4 Å². The summed E-state index contributed by atoms with van der Waals surface area (Å²) < 4.78 is 0. The van der Waals surface area contributed by atoms with Crippen molar-refractivity contribution >= 4 is 18.3 Å². The molecule has 5 heteroatoms. The first-order chi connectivity index (χ1) is 9.46. The van der Waals surface area contributed by atoms with Gasteiger partial charge in [0.05, 0.1) is 6.54 Å². The minimum atomic E-state index is 0. The van der Waals surface area contributed by atoms with Crippen molar-refractivity contribution in [3.63, 3.8) is 0 Å². The number of nitrogens with zero attached hydrogens (tertiary/aromatic N) is 2. The molecule has 21 heavy (non-hydrogen) atoms. The minimum Gasteiger partial charge on any atom is -0.339 e. The molecule has 0 spiro atoms. The highest BCUT2D eigenvalue weighted by molar-refractivity contribution is 5.85. The van der Waals surface area contributed by atoms with Crippen LogP contribution in [0.5, 0.6) is 0 Å². The lowest BCUT2D eigenvalue weighted by atomic mass is 9.73. The van der Waals surface area contributed by atoms with Crippen molar-refractivity contribution in [2.75, 3.05) is 46.3 Å². The average Bonchev–Trinajstić information content (AvgIpc) is 2.42. The molecule has 0 radical (unpaired) electrons. The highest BCUT2D eigenvalue weighted by Crippen LogP contribution is 2.38. The van der Waals surface area contributed by atoms with Crippen molar-refractivity contribution in [2.45, 2.75) is 39.5 Å². The third-order valence-corrected chi connectivity index (χ3v) is 4.90. The summed E-state index contributed by atoms with van der Waals surface area (Å²) in [5, 5.41) is 3.29. The summed E-state index contributed by atoms with van der Waals surface area (Å²) >= 11 is 0. The van der Waals surface area contributed by atoms with Gasteiger partial charge in [0.25, 0.3) is 0 Å². The van der Waals surface area contributed by atoms with Crippen LogP contribution in [0, 0.1) is 11.3 Å². The Kier molecular flexibility index (Phi) is 7.45. The number of nitrogens with one attached hydrogen (secondary N) is 1. The first-order valence-corrected chi connectivity index (χ1v) is 8.13. The predicted octanol–water partition coefficient (Wildman–Crippen LogP) is 1.99. The van der Waals surface area contributed by atoms with Gasteiger partial charge in [0.2, 0.25) is 5.91 Å². The molecule has 0 unspecified atom stereocenters. The molecule has 1 heterocycles. The Hall–Kier alpha value is -0.320. The van der Waals surface area contributed by atoms with Crippen LogP contribution in [-0.4, -0.2) is 62.0 Å². The number of likely N-dealkylation sites (N-methyl/N-ethyl adjacent to an activating group) is 1. The smallest absolute Gasteiger partial charge is 0.236 e. The first-order valence-electron chi connectivity index (χ1n) is 8.13. The molecule has 1 aliphatic heterocycles. The molecular formula is C16H32ClN3O. The van der Waals surface area contributed by atoms with Gasteiger partial charge in [0.15, 0.2) is 0 Å². The summed E-state index contributed by atoms with van der Waals surface area (Å²) in [7, 11) is 2.10. The van der Waals surface area contributed by atoms with E-state index in [1.165, 1.54) is 25.7 Å². The van der Waals surface area contributed by atoms with Crippen LogP contribution in [0.4, 0.5) is 0 Å². The molecule has 124 valence electrons. The van der Waals surface area contributed by atoms with E-state index in [9.17, 15) is 4.79 Å². The van der Waals surface area contributed by atoms with Gasteiger partial charge in [0.1, 0.15) is 0 Å². The van der Waals surface area contributed by atoms with Gasteiger partial charge in [-0.3, -0.25) is 9.69 Å². The summed E-state index contributed by atoms with van der Waals surface area (Å²) in [6.45, 7) is 10.0.